The van der Waals surface area contributed by atoms with Crippen molar-refractivity contribution < 1.29 is 4.79 Å². The van der Waals surface area contributed by atoms with Gasteiger partial charge in [0.1, 0.15) is 0 Å². The first-order valence-corrected chi connectivity index (χ1v) is 9.36. The number of nitrogens with one attached hydrogen (secondary N) is 1. The van der Waals surface area contributed by atoms with Crippen LogP contribution >= 0.6 is 0 Å². The maximum Gasteiger partial charge on any atom is 0.321 e. The second kappa shape index (κ2) is 7.76. The van der Waals surface area contributed by atoms with Crippen molar-refractivity contribution >= 4 is 22.6 Å². The number of hydrogen-bond acceptors (Lipinski definition) is 3. The largest absolute Gasteiger partial charge is 0.322 e. The number of nitrogens with zero attached hydrogens (tertiary/aromatic N) is 3. The fourth-order valence-electron chi connectivity index (χ4n) is 3.50. The number of aromatic nitrogens is 1. The predicted octanol–water partition coefficient (Wildman–Crippen LogP) is 3.89. The summed E-state index contributed by atoms with van der Waals surface area (Å²) >= 11 is 0. The van der Waals surface area contributed by atoms with Crippen LogP contribution in [0.15, 0.2) is 60.8 Å². The Hall–Kier alpha value is -2.92. The van der Waals surface area contributed by atoms with Gasteiger partial charge in [-0.2, -0.15) is 0 Å². The molecule has 3 aromatic rings. The van der Waals surface area contributed by atoms with Gasteiger partial charge in [-0.05, 0) is 42.3 Å². The van der Waals surface area contributed by atoms with Crippen molar-refractivity contribution in [1.82, 2.24) is 14.8 Å². The normalized spacial score (nSPS) is 15.1. The summed E-state index contributed by atoms with van der Waals surface area (Å²) in [5.74, 6) is 0. The topological polar surface area (TPSA) is 48.5 Å². The first-order valence-electron chi connectivity index (χ1n) is 9.36. The molecule has 0 spiro atoms. The first-order chi connectivity index (χ1) is 13.2. The van der Waals surface area contributed by atoms with E-state index in [2.05, 4.69) is 27.3 Å². The molecule has 138 valence electrons. The van der Waals surface area contributed by atoms with Gasteiger partial charge in [-0.3, -0.25) is 9.88 Å². The summed E-state index contributed by atoms with van der Waals surface area (Å²) < 4.78 is 0. The standard InChI is InChI=1S/C22H24N4O/c1-17-5-4-7-20(13-17)24-22(27)26-11-9-25(10-12-26)16-18-14-19-6-2-3-8-21(19)23-15-18/h2-8,13-15H,9-12,16H2,1H3,(H,24,27). The summed E-state index contributed by atoms with van der Waals surface area (Å²) in [7, 11) is 0. The van der Waals surface area contributed by atoms with Crippen molar-refractivity contribution in [2.24, 2.45) is 0 Å². The molecule has 27 heavy (non-hydrogen) atoms. The number of rotatable bonds is 3. The minimum absolute atomic E-state index is 0.0207. The van der Waals surface area contributed by atoms with E-state index in [4.69, 9.17) is 0 Å². The Labute approximate surface area is 159 Å². The van der Waals surface area contributed by atoms with Crippen LogP contribution in [0.1, 0.15) is 11.1 Å². The number of carbonyl (C=O) groups excluding carboxylic acids is 1. The lowest BCUT2D eigenvalue weighted by Gasteiger charge is -2.34. The fourth-order valence-corrected chi connectivity index (χ4v) is 3.50. The molecule has 1 fully saturated rings. The highest BCUT2D eigenvalue weighted by Crippen LogP contribution is 2.16. The Bertz CT molecular complexity index is 948. The van der Waals surface area contributed by atoms with E-state index < -0.39 is 0 Å². The van der Waals surface area contributed by atoms with Gasteiger partial charge in [0.25, 0.3) is 0 Å². The minimum atomic E-state index is -0.0207. The van der Waals surface area contributed by atoms with Crippen LogP contribution in [0.4, 0.5) is 10.5 Å². The molecule has 2 amide bonds. The van der Waals surface area contributed by atoms with Gasteiger partial charge in [0.05, 0.1) is 5.52 Å². The zero-order valence-electron chi connectivity index (χ0n) is 15.6. The summed E-state index contributed by atoms with van der Waals surface area (Å²) in [6.07, 6.45) is 1.96. The van der Waals surface area contributed by atoms with Crippen LogP contribution in [-0.2, 0) is 6.54 Å². The Morgan fingerprint density at radius 1 is 1.04 bits per heavy atom. The maximum absolute atomic E-state index is 12.5. The van der Waals surface area contributed by atoms with Crippen LogP contribution in [0.2, 0.25) is 0 Å². The molecule has 4 rings (SSSR count). The molecule has 0 unspecified atom stereocenters. The number of piperazine rings is 1. The van der Waals surface area contributed by atoms with Gasteiger partial charge in [0, 0.05) is 50.0 Å². The molecule has 1 aliphatic heterocycles. The molecule has 0 aliphatic carbocycles. The zero-order valence-corrected chi connectivity index (χ0v) is 15.6. The van der Waals surface area contributed by atoms with Crippen molar-refractivity contribution in [1.29, 1.82) is 0 Å². The van der Waals surface area contributed by atoms with Crippen molar-refractivity contribution in [3.63, 3.8) is 0 Å². The average molecular weight is 360 g/mol. The number of fused-ring (bicyclic) bond motifs is 1. The van der Waals surface area contributed by atoms with Gasteiger partial charge >= 0.3 is 6.03 Å². The summed E-state index contributed by atoms with van der Waals surface area (Å²) in [5, 5.41) is 4.17. The van der Waals surface area contributed by atoms with Crippen LogP contribution < -0.4 is 5.32 Å². The number of carbonyl (C=O) groups is 1. The van der Waals surface area contributed by atoms with Gasteiger partial charge in [-0.1, -0.05) is 30.3 Å². The summed E-state index contributed by atoms with van der Waals surface area (Å²) in [6.45, 7) is 6.10. The monoisotopic (exact) mass is 360 g/mol. The van der Waals surface area contributed by atoms with Crippen molar-refractivity contribution in [2.45, 2.75) is 13.5 Å². The number of benzene rings is 2. The second-order valence-corrected chi connectivity index (χ2v) is 7.10. The Morgan fingerprint density at radius 3 is 2.67 bits per heavy atom. The quantitative estimate of drug-likeness (QED) is 0.771. The van der Waals surface area contributed by atoms with E-state index in [-0.39, 0.29) is 6.03 Å². The first kappa shape index (κ1) is 17.5. The Balaban J connectivity index is 1.32. The second-order valence-electron chi connectivity index (χ2n) is 7.10. The zero-order chi connectivity index (χ0) is 18.6. The molecule has 1 saturated heterocycles. The molecule has 1 aliphatic rings. The number of urea groups is 1. The molecule has 1 aromatic heterocycles. The van der Waals surface area contributed by atoms with E-state index in [1.54, 1.807) is 0 Å². The average Bonchev–Trinajstić information content (AvgIpc) is 2.68. The summed E-state index contributed by atoms with van der Waals surface area (Å²) in [5.41, 5.74) is 4.23. The van der Waals surface area contributed by atoms with Gasteiger partial charge in [0.2, 0.25) is 0 Å². The Kier molecular flexibility index (Phi) is 5.03. The third-order valence-corrected chi connectivity index (χ3v) is 4.98. The molecule has 2 aromatic carbocycles. The van der Waals surface area contributed by atoms with Crippen LogP contribution in [0, 0.1) is 6.92 Å². The molecule has 2 heterocycles. The third kappa shape index (κ3) is 4.26. The number of aryl methyl sites for hydroxylation is 1. The molecule has 5 heteroatoms. The molecule has 0 radical (unpaired) electrons. The van der Waals surface area contributed by atoms with Crippen molar-refractivity contribution in [3.05, 3.63) is 71.9 Å². The number of pyridine rings is 1. The summed E-state index contributed by atoms with van der Waals surface area (Å²) in [6, 6.07) is 18.3. The van der Waals surface area contributed by atoms with E-state index in [9.17, 15) is 4.79 Å². The van der Waals surface area contributed by atoms with Crippen LogP contribution in [-0.4, -0.2) is 47.0 Å². The lowest BCUT2D eigenvalue weighted by molar-refractivity contribution is 0.143. The van der Waals surface area contributed by atoms with Crippen LogP contribution in [0.3, 0.4) is 0 Å². The molecule has 0 atom stereocenters. The van der Waals surface area contributed by atoms with Gasteiger partial charge < -0.3 is 10.2 Å². The number of hydrogen-bond donors (Lipinski definition) is 1. The van der Waals surface area contributed by atoms with E-state index >= 15 is 0 Å². The summed E-state index contributed by atoms with van der Waals surface area (Å²) in [4.78, 5) is 21.3. The minimum Gasteiger partial charge on any atom is -0.322 e. The predicted molar refractivity (Wildman–Crippen MR) is 109 cm³/mol. The molecule has 0 saturated carbocycles. The maximum atomic E-state index is 12.5. The van der Waals surface area contributed by atoms with E-state index in [0.29, 0.717) is 0 Å². The van der Waals surface area contributed by atoms with Crippen molar-refractivity contribution in [3.8, 4) is 0 Å². The SMILES string of the molecule is Cc1cccc(NC(=O)N2CCN(Cc3cnc4ccccc4c3)CC2)c1. The highest BCUT2D eigenvalue weighted by atomic mass is 16.2. The fraction of sp³-hybridized carbons (Fsp3) is 0.273. The van der Waals surface area contributed by atoms with E-state index in [1.807, 2.05) is 60.5 Å². The van der Waals surface area contributed by atoms with Gasteiger partial charge in [-0.25, -0.2) is 4.79 Å². The number of amides is 2. The van der Waals surface area contributed by atoms with Gasteiger partial charge in [-0.15, -0.1) is 0 Å². The molecular formula is C22H24N4O. The van der Waals surface area contributed by atoms with E-state index in [1.165, 1.54) is 10.9 Å². The smallest absolute Gasteiger partial charge is 0.321 e. The molecular weight excluding hydrogens is 336 g/mol. The van der Waals surface area contributed by atoms with Crippen LogP contribution in [0.25, 0.3) is 10.9 Å². The van der Waals surface area contributed by atoms with Crippen LogP contribution in [0.5, 0.6) is 0 Å². The molecule has 1 N–H and O–H groups in total. The molecule has 0 bridgehead atoms. The highest BCUT2D eigenvalue weighted by molar-refractivity contribution is 5.89. The lowest BCUT2D eigenvalue weighted by Crippen LogP contribution is -2.49. The highest BCUT2D eigenvalue weighted by Gasteiger charge is 2.21. The van der Waals surface area contributed by atoms with E-state index in [0.717, 1.165) is 49.5 Å². The number of para-hydroxylation sites is 1. The Morgan fingerprint density at radius 2 is 1.85 bits per heavy atom. The third-order valence-electron chi connectivity index (χ3n) is 4.98. The number of anilines is 1. The van der Waals surface area contributed by atoms with Crippen molar-refractivity contribution in [2.75, 3.05) is 31.5 Å². The molecule has 5 nitrogen and oxygen atoms in total. The van der Waals surface area contributed by atoms with Gasteiger partial charge in [0.15, 0.2) is 0 Å². The lowest BCUT2D eigenvalue weighted by atomic mass is 10.1.